The van der Waals surface area contributed by atoms with Gasteiger partial charge < -0.3 is 47.9 Å². The van der Waals surface area contributed by atoms with Gasteiger partial charge in [-0.3, -0.25) is 28.8 Å². The zero-order valence-corrected chi connectivity index (χ0v) is 34.0. The monoisotopic (exact) mass is 754 g/mol. The van der Waals surface area contributed by atoms with E-state index in [9.17, 15) is 28.8 Å². The van der Waals surface area contributed by atoms with Crippen molar-refractivity contribution in [3.63, 3.8) is 0 Å². The van der Waals surface area contributed by atoms with Gasteiger partial charge in [-0.15, -0.1) is 0 Å². The highest BCUT2D eigenvalue weighted by Gasteiger charge is 2.24. The highest BCUT2D eigenvalue weighted by Crippen LogP contribution is 2.11. The maximum absolute atomic E-state index is 13.4. The van der Waals surface area contributed by atoms with Crippen molar-refractivity contribution in [3.05, 3.63) is 0 Å². The average molecular weight is 754 g/mol. The predicted octanol–water partition coefficient (Wildman–Crippen LogP) is 0.811. The first-order valence-electron chi connectivity index (χ1n) is 19.8. The summed E-state index contributed by atoms with van der Waals surface area (Å²) in [4.78, 5) is 76.3. The lowest BCUT2D eigenvalue weighted by atomic mass is 10.0. The zero-order valence-electron chi connectivity index (χ0n) is 34.0. The second-order valence-corrected chi connectivity index (χ2v) is 14.3. The molecule has 0 radical (unpaired) electrons. The van der Waals surface area contributed by atoms with Crippen molar-refractivity contribution in [1.82, 2.24) is 47.9 Å². The summed E-state index contributed by atoms with van der Waals surface area (Å²) >= 11 is 0. The molecule has 0 saturated heterocycles. The SMILES string of the molecule is CNCCCCC(CC(=O)NCCCC(CC(=O)NC(CC(C)=O)CC(=O)NC(CCCCNC)CC(C)=O)NC(=O)CC(CCCNC)NC)NC. The summed E-state index contributed by atoms with van der Waals surface area (Å²) in [6.45, 7) is 5.92. The lowest BCUT2D eigenvalue weighted by Gasteiger charge is -2.24. The highest BCUT2D eigenvalue weighted by molar-refractivity contribution is 5.84. The van der Waals surface area contributed by atoms with E-state index in [1.165, 1.54) is 13.8 Å². The first-order chi connectivity index (χ1) is 25.4. The summed E-state index contributed by atoms with van der Waals surface area (Å²) in [5.41, 5.74) is 0. The number of hydrogen-bond donors (Lipinski definition) is 9. The normalized spacial score (nSPS) is 14.0. The number of carbonyl (C=O) groups excluding carboxylic acids is 6. The van der Waals surface area contributed by atoms with Crippen molar-refractivity contribution in [2.24, 2.45) is 0 Å². The molecular formula is C38H75N9O6. The molecule has 5 atom stereocenters. The van der Waals surface area contributed by atoms with Gasteiger partial charge in [-0.1, -0.05) is 12.8 Å². The molecule has 0 aliphatic carbocycles. The maximum atomic E-state index is 13.4. The predicted molar refractivity (Wildman–Crippen MR) is 212 cm³/mol. The molecule has 0 aliphatic rings. The van der Waals surface area contributed by atoms with Crippen LogP contribution in [0.15, 0.2) is 0 Å². The Hall–Kier alpha value is -2.98. The van der Waals surface area contributed by atoms with Crippen LogP contribution < -0.4 is 47.9 Å². The number of unbranched alkanes of at least 4 members (excludes halogenated alkanes) is 2. The van der Waals surface area contributed by atoms with Gasteiger partial charge in [0.25, 0.3) is 0 Å². The van der Waals surface area contributed by atoms with Crippen LogP contribution in [-0.2, 0) is 28.8 Å². The van der Waals surface area contributed by atoms with E-state index in [-0.39, 0.29) is 85.4 Å². The Morgan fingerprint density at radius 2 is 0.717 bits per heavy atom. The van der Waals surface area contributed by atoms with Gasteiger partial charge >= 0.3 is 0 Å². The number of carbonyl (C=O) groups is 6. The van der Waals surface area contributed by atoms with Gasteiger partial charge in [-0.2, -0.15) is 0 Å². The fourth-order valence-electron chi connectivity index (χ4n) is 6.33. The minimum absolute atomic E-state index is 0.0240. The average Bonchev–Trinajstić information content (AvgIpc) is 3.08. The number of nitrogens with one attached hydrogen (secondary N) is 9. The first kappa shape index (κ1) is 50.0. The van der Waals surface area contributed by atoms with E-state index >= 15 is 0 Å². The van der Waals surface area contributed by atoms with Crippen molar-refractivity contribution in [1.29, 1.82) is 0 Å². The molecule has 0 spiro atoms. The molecule has 0 aromatic carbocycles. The summed E-state index contributed by atoms with van der Waals surface area (Å²) in [6.07, 6.45) is 8.70. The van der Waals surface area contributed by atoms with Crippen molar-refractivity contribution in [2.75, 3.05) is 61.4 Å². The lowest BCUT2D eigenvalue weighted by molar-refractivity contribution is -0.125. The summed E-state index contributed by atoms with van der Waals surface area (Å²) in [7, 11) is 9.37. The molecule has 308 valence electrons. The smallest absolute Gasteiger partial charge is 0.222 e. The first-order valence-corrected chi connectivity index (χ1v) is 19.8. The molecule has 0 fully saturated rings. The summed E-state index contributed by atoms with van der Waals surface area (Å²) in [5.74, 6) is -1.17. The van der Waals surface area contributed by atoms with Crippen LogP contribution in [0.25, 0.3) is 0 Å². The van der Waals surface area contributed by atoms with Crippen molar-refractivity contribution < 1.29 is 28.8 Å². The van der Waals surface area contributed by atoms with E-state index in [4.69, 9.17) is 0 Å². The van der Waals surface area contributed by atoms with Gasteiger partial charge in [0.15, 0.2) is 0 Å². The van der Waals surface area contributed by atoms with Crippen LogP contribution in [0.2, 0.25) is 0 Å². The van der Waals surface area contributed by atoms with E-state index < -0.39 is 12.1 Å². The van der Waals surface area contributed by atoms with Crippen LogP contribution in [0, 0.1) is 0 Å². The van der Waals surface area contributed by atoms with Crippen LogP contribution in [0.4, 0.5) is 0 Å². The fraction of sp³-hybridized carbons (Fsp3) is 0.842. The molecule has 15 nitrogen and oxygen atoms in total. The van der Waals surface area contributed by atoms with E-state index in [1.54, 1.807) is 0 Å². The third-order valence-corrected chi connectivity index (χ3v) is 9.20. The topological polar surface area (TPSA) is 211 Å². The Bertz CT molecular complexity index is 1050. The molecule has 0 heterocycles. The Balaban J connectivity index is 5.49. The molecule has 53 heavy (non-hydrogen) atoms. The molecule has 0 rings (SSSR count). The van der Waals surface area contributed by atoms with Gasteiger partial charge in [-0.25, -0.2) is 0 Å². The zero-order chi connectivity index (χ0) is 39.9. The van der Waals surface area contributed by atoms with E-state index in [2.05, 4.69) is 47.9 Å². The number of hydrogen-bond acceptors (Lipinski definition) is 11. The molecule has 15 heteroatoms. The Morgan fingerprint density at radius 3 is 1.21 bits per heavy atom. The second kappa shape index (κ2) is 32.5. The number of rotatable bonds is 35. The molecule has 9 N–H and O–H groups in total. The molecule has 4 amide bonds. The van der Waals surface area contributed by atoms with Crippen LogP contribution in [0.5, 0.6) is 0 Å². The van der Waals surface area contributed by atoms with Crippen molar-refractivity contribution in [2.45, 2.75) is 147 Å². The lowest BCUT2D eigenvalue weighted by Crippen LogP contribution is -2.46. The number of ketones is 2. The van der Waals surface area contributed by atoms with Crippen LogP contribution in [0.3, 0.4) is 0 Å². The van der Waals surface area contributed by atoms with Gasteiger partial charge in [0.1, 0.15) is 11.6 Å². The number of Topliss-reactive ketones (excluding diaryl/α,β-unsaturated/α-hetero) is 2. The minimum Gasteiger partial charge on any atom is -0.356 e. The standard InChI is InChI=1S/C38H75N9O6/c1-28(48)22-32(15-9-11-19-40-4)45-38(53)27-34(23-29(2)49)47-37(52)26-33(46-36(51)25-31(43-7)16-12-20-41-5)17-13-21-44-35(50)24-30(42-6)14-8-10-18-39-3/h30-34,39-43H,8-27H2,1-7H3,(H,44,50)(H,45,53)(H,46,51)(H,47,52). The minimum atomic E-state index is -0.739. The van der Waals surface area contributed by atoms with Crippen LogP contribution >= 0.6 is 0 Å². The van der Waals surface area contributed by atoms with E-state index in [0.717, 1.165) is 64.6 Å². The van der Waals surface area contributed by atoms with Crippen molar-refractivity contribution >= 4 is 35.2 Å². The second-order valence-electron chi connectivity index (χ2n) is 14.3. The van der Waals surface area contributed by atoms with Gasteiger partial charge in [0.2, 0.25) is 23.6 Å². The molecular weight excluding hydrogens is 678 g/mol. The van der Waals surface area contributed by atoms with Crippen LogP contribution in [-0.4, -0.2) is 127 Å². The molecule has 0 aromatic rings. The van der Waals surface area contributed by atoms with Crippen LogP contribution in [0.1, 0.15) is 117 Å². The summed E-state index contributed by atoms with van der Waals surface area (Å²) in [6, 6.07) is -1.51. The third kappa shape index (κ3) is 29.1. The largest absolute Gasteiger partial charge is 0.356 e. The highest BCUT2D eigenvalue weighted by atomic mass is 16.2. The van der Waals surface area contributed by atoms with E-state index in [0.29, 0.717) is 32.2 Å². The third-order valence-electron chi connectivity index (χ3n) is 9.20. The summed E-state index contributed by atoms with van der Waals surface area (Å²) in [5, 5.41) is 27.6. The van der Waals surface area contributed by atoms with Crippen molar-refractivity contribution in [3.8, 4) is 0 Å². The van der Waals surface area contributed by atoms with E-state index in [1.807, 2.05) is 35.2 Å². The quantitative estimate of drug-likeness (QED) is 0.0414. The molecule has 0 bridgehead atoms. The fourth-order valence-corrected chi connectivity index (χ4v) is 6.33. The van der Waals surface area contributed by atoms with Gasteiger partial charge in [-0.05, 0) is 120 Å². The molecule has 0 saturated carbocycles. The number of amides is 4. The molecule has 0 aromatic heterocycles. The Kier molecular flexibility index (Phi) is 30.6. The Morgan fingerprint density at radius 1 is 0.377 bits per heavy atom. The molecule has 5 unspecified atom stereocenters. The maximum Gasteiger partial charge on any atom is 0.222 e. The summed E-state index contributed by atoms with van der Waals surface area (Å²) < 4.78 is 0. The van der Waals surface area contributed by atoms with Gasteiger partial charge in [0.05, 0.1) is 0 Å². The van der Waals surface area contributed by atoms with Gasteiger partial charge in [0, 0.05) is 75.3 Å². The Labute approximate surface area is 319 Å². The molecule has 0 aliphatic heterocycles.